The minimum absolute atomic E-state index is 0.190. The molecule has 3 rings (SSSR count). The summed E-state index contributed by atoms with van der Waals surface area (Å²) in [6, 6.07) is 14.5. The van der Waals surface area contributed by atoms with Crippen molar-refractivity contribution in [1.29, 1.82) is 5.26 Å². The van der Waals surface area contributed by atoms with Gasteiger partial charge in [-0.05, 0) is 35.9 Å². The summed E-state index contributed by atoms with van der Waals surface area (Å²) in [5.41, 5.74) is 2.01. The van der Waals surface area contributed by atoms with E-state index in [9.17, 15) is 13.2 Å². The molecule has 3 aromatic rings. The summed E-state index contributed by atoms with van der Waals surface area (Å²) in [5, 5.41) is 19.1. The van der Waals surface area contributed by atoms with E-state index in [1.807, 2.05) is 6.07 Å². The SMILES string of the molecule is N#Cc1n[nH]nc1-c1cccc(OC/C=C/c2ccc(OC(F)(F)F)cc2)c1. The van der Waals surface area contributed by atoms with E-state index in [4.69, 9.17) is 10.00 Å². The van der Waals surface area contributed by atoms with Gasteiger partial charge < -0.3 is 9.47 Å². The van der Waals surface area contributed by atoms with E-state index in [0.29, 0.717) is 22.6 Å². The van der Waals surface area contributed by atoms with Crippen molar-refractivity contribution in [3.63, 3.8) is 0 Å². The van der Waals surface area contributed by atoms with Crippen LogP contribution in [0.4, 0.5) is 13.2 Å². The third-order valence-electron chi connectivity index (χ3n) is 3.53. The molecule has 0 unspecified atom stereocenters. The molecular formula is C19H13F3N4O2. The number of alkyl halides is 3. The summed E-state index contributed by atoms with van der Waals surface area (Å²) >= 11 is 0. The van der Waals surface area contributed by atoms with Crippen molar-refractivity contribution in [1.82, 2.24) is 15.4 Å². The van der Waals surface area contributed by atoms with Crippen LogP contribution in [0.25, 0.3) is 17.3 Å². The van der Waals surface area contributed by atoms with Crippen molar-refractivity contribution in [3.8, 4) is 28.8 Å². The molecule has 0 spiro atoms. The summed E-state index contributed by atoms with van der Waals surface area (Å²) in [7, 11) is 0. The Morgan fingerprint density at radius 1 is 1.07 bits per heavy atom. The third kappa shape index (κ3) is 5.11. The molecule has 9 heteroatoms. The molecule has 0 fully saturated rings. The van der Waals surface area contributed by atoms with Crippen molar-refractivity contribution >= 4 is 6.08 Å². The van der Waals surface area contributed by atoms with Crippen LogP contribution in [0.5, 0.6) is 11.5 Å². The van der Waals surface area contributed by atoms with Crippen LogP contribution in [0.2, 0.25) is 0 Å². The number of nitrogens with zero attached hydrogens (tertiary/aromatic N) is 3. The zero-order valence-corrected chi connectivity index (χ0v) is 14.3. The van der Waals surface area contributed by atoms with Gasteiger partial charge in [0.15, 0.2) is 5.69 Å². The van der Waals surface area contributed by atoms with Crippen LogP contribution in [-0.4, -0.2) is 28.4 Å². The van der Waals surface area contributed by atoms with Crippen LogP contribution in [0.1, 0.15) is 11.3 Å². The van der Waals surface area contributed by atoms with Gasteiger partial charge in [-0.15, -0.1) is 18.3 Å². The lowest BCUT2D eigenvalue weighted by Gasteiger charge is -2.08. The standard InChI is InChI=1S/C19H13F3N4O2/c20-19(21,22)28-15-8-6-13(7-9-15)3-2-10-27-16-5-1-4-14(11-16)18-17(12-23)24-26-25-18/h1-9,11H,10H2,(H,24,25,26)/b3-2+. The molecular weight excluding hydrogens is 373 g/mol. The molecule has 0 saturated heterocycles. The molecule has 0 atom stereocenters. The maximum absolute atomic E-state index is 12.1. The van der Waals surface area contributed by atoms with Gasteiger partial charge in [-0.25, -0.2) is 0 Å². The predicted molar refractivity (Wildman–Crippen MR) is 94.2 cm³/mol. The van der Waals surface area contributed by atoms with E-state index in [-0.39, 0.29) is 18.1 Å². The van der Waals surface area contributed by atoms with E-state index < -0.39 is 6.36 Å². The Hall–Kier alpha value is -3.80. The number of hydrogen-bond acceptors (Lipinski definition) is 5. The largest absolute Gasteiger partial charge is 0.573 e. The number of nitrogens with one attached hydrogen (secondary N) is 1. The summed E-state index contributed by atoms with van der Waals surface area (Å²) in [4.78, 5) is 0. The van der Waals surface area contributed by atoms with Gasteiger partial charge in [0, 0.05) is 5.56 Å². The van der Waals surface area contributed by atoms with Gasteiger partial charge in [0.1, 0.15) is 29.9 Å². The average Bonchev–Trinajstić information content (AvgIpc) is 3.14. The van der Waals surface area contributed by atoms with Crippen LogP contribution in [0.15, 0.2) is 54.6 Å². The molecule has 1 aromatic heterocycles. The van der Waals surface area contributed by atoms with Gasteiger partial charge >= 0.3 is 6.36 Å². The molecule has 1 heterocycles. The van der Waals surface area contributed by atoms with Gasteiger partial charge in [-0.3, -0.25) is 0 Å². The lowest BCUT2D eigenvalue weighted by Crippen LogP contribution is -2.16. The van der Waals surface area contributed by atoms with Crippen molar-refractivity contribution in [3.05, 3.63) is 65.9 Å². The highest BCUT2D eigenvalue weighted by Gasteiger charge is 2.30. The molecule has 6 nitrogen and oxygen atoms in total. The van der Waals surface area contributed by atoms with Crippen LogP contribution in [0, 0.1) is 11.3 Å². The number of aromatic amines is 1. The fraction of sp³-hybridized carbons (Fsp3) is 0.105. The molecule has 28 heavy (non-hydrogen) atoms. The van der Waals surface area contributed by atoms with Gasteiger partial charge in [0.25, 0.3) is 0 Å². The van der Waals surface area contributed by atoms with E-state index in [0.717, 1.165) is 0 Å². The molecule has 0 aliphatic rings. The molecule has 0 saturated carbocycles. The quantitative estimate of drug-likeness (QED) is 0.682. The van der Waals surface area contributed by atoms with Gasteiger partial charge in [0.2, 0.25) is 0 Å². The first kappa shape index (κ1) is 19.0. The first-order valence-corrected chi connectivity index (χ1v) is 8.01. The highest BCUT2D eigenvalue weighted by atomic mass is 19.4. The van der Waals surface area contributed by atoms with Gasteiger partial charge in [-0.2, -0.15) is 15.6 Å². The lowest BCUT2D eigenvalue weighted by atomic mass is 10.1. The van der Waals surface area contributed by atoms with Crippen molar-refractivity contribution in [2.24, 2.45) is 0 Å². The number of aromatic nitrogens is 3. The van der Waals surface area contributed by atoms with E-state index >= 15 is 0 Å². The van der Waals surface area contributed by atoms with Gasteiger partial charge in [0.05, 0.1) is 0 Å². The summed E-state index contributed by atoms with van der Waals surface area (Å²) in [6.45, 7) is 0.244. The Labute approximate surface area is 157 Å². The molecule has 0 radical (unpaired) electrons. The normalized spacial score (nSPS) is 11.4. The minimum atomic E-state index is -4.71. The Morgan fingerprint density at radius 2 is 1.86 bits per heavy atom. The lowest BCUT2D eigenvalue weighted by molar-refractivity contribution is -0.274. The number of ether oxygens (including phenoxy) is 2. The fourth-order valence-corrected chi connectivity index (χ4v) is 2.35. The minimum Gasteiger partial charge on any atom is -0.490 e. The number of benzene rings is 2. The molecule has 0 bridgehead atoms. The summed E-state index contributed by atoms with van der Waals surface area (Å²) < 4.78 is 45.8. The maximum atomic E-state index is 12.1. The second-order valence-corrected chi connectivity index (χ2v) is 5.49. The van der Waals surface area contributed by atoms with E-state index in [1.54, 1.807) is 36.4 Å². The molecule has 1 N–H and O–H groups in total. The first-order chi connectivity index (χ1) is 13.4. The molecule has 0 aliphatic carbocycles. The van der Waals surface area contributed by atoms with Crippen LogP contribution in [0.3, 0.4) is 0 Å². The average molecular weight is 386 g/mol. The molecule has 2 aromatic carbocycles. The van der Waals surface area contributed by atoms with Crippen molar-refractivity contribution in [2.45, 2.75) is 6.36 Å². The van der Waals surface area contributed by atoms with E-state index in [2.05, 4.69) is 20.1 Å². The molecule has 142 valence electrons. The Balaban J connectivity index is 1.58. The third-order valence-corrected chi connectivity index (χ3v) is 3.53. The van der Waals surface area contributed by atoms with Crippen molar-refractivity contribution < 1.29 is 22.6 Å². The summed E-state index contributed by atoms with van der Waals surface area (Å²) in [5.74, 6) is 0.297. The number of nitriles is 1. The summed E-state index contributed by atoms with van der Waals surface area (Å²) in [6.07, 6.45) is -1.27. The highest BCUT2D eigenvalue weighted by Crippen LogP contribution is 2.24. The number of H-pyrrole nitrogens is 1. The number of hydrogen-bond donors (Lipinski definition) is 1. The first-order valence-electron chi connectivity index (χ1n) is 8.01. The van der Waals surface area contributed by atoms with Crippen molar-refractivity contribution in [2.75, 3.05) is 6.61 Å². The predicted octanol–water partition coefficient (Wildman–Crippen LogP) is 4.33. The maximum Gasteiger partial charge on any atom is 0.573 e. The van der Waals surface area contributed by atoms with Crippen LogP contribution in [-0.2, 0) is 0 Å². The molecule has 0 amide bonds. The van der Waals surface area contributed by atoms with E-state index in [1.165, 1.54) is 24.3 Å². The number of rotatable bonds is 6. The monoisotopic (exact) mass is 386 g/mol. The Morgan fingerprint density at radius 3 is 2.57 bits per heavy atom. The molecule has 0 aliphatic heterocycles. The zero-order chi connectivity index (χ0) is 20.0. The highest BCUT2D eigenvalue weighted by molar-refractivity contribution is 5.65. The zero-order valence-electron chi connectivity index (χ0n) is 14.3. The topological polar surface area (TPSA) is 83.8 Å². The number of halogens is 3. The Kier molecular flexibility index (Phi) is 5.60. The van der Waals surface area contributed by atoms with Crippen LogP contribution < -0.4 is 9.47 Å². The van der Waals surface area contributed by atoms with Crippen LogP contribution >= 0.6 is 0 Å². The van der Waals surface area contributed by atoms with Gasteiger partial charge in [-0.1, -0.05) is 30.3 Å². The Bertz CT molecular complexity index is 1010. The second kappa shape index (κ2) is 8.26. The fourth-order valence-electron chi connectivity index (χ4n) is 2.35. The smallest absolute Gasteiger partial charge is 0.490 e. The second-order valence-electron chi connectivity index (χ2n) is 5.49.